The molecule has 0 fully saturated rings. The van der Waals surface area contributed by atoms with Crippen molar-refractivity contribution in [1.82, 2.24) is 15.5 Å². The number of allylic oxidation sites excluding steroid dienone is 3. The Morgan fingerprint density at radius 1 is 1.17 bits per heavy atom. The summed E-state index contributed by atoms with van der Waals surface area (Å²) in [6.45, 7) is 29.3. The lowest BCUT2D eigenvalue weighted by Crippen LogP contribution is -2.20. The Labute approximate surface area is 289 Å². The van der Waals surface area contributed by atoms with Crippen LogP contribution in [-0.4, -0.2) is 43.7 Å². The summed E-state index contributed by atoms with van der Waals surface area (Å²) in [5, 5.41) is 7.42. The van der Waals surface area contributed by atoms with Crippen LogP contribution in [0.5, 0.6) is 0 Å². The highest BCUT2D eigenvalue weighted by molar-refractivity contribution is 6.30. The zero-order chi connectivity index (χ0) is 35.7. The second kappa shape index (κ2) is 26.2. The van der Waals surface area contributed by atoms with E-state index in [1.165, 1.54) is 53.5 Å². The summed E-state index contributed by atoms with van der Waals surface area (Å²) >= 11 is 6.64. The van der Waals surface area contributed by atoms with Crippen LogP contribution in [-0.2, 0) is 9.53 Å². The van der Waals surface area contributed by atoms with E-state index >= 15 is 0 Å². The molecule has 0 saturated heterocycles. The molecular formula is C40H66ClN3O2. The van der Waals surface area contributed by atoms with Crippen LogP contribution in [0.15, 0.2) is 53.9 Å². The van der Waals surface area contributed by atoms with E-state index in [1.54, 1.807) is 6.20 Å². The molecule has 2 atom stereocenters. The molecule has 0 aliphatic carbocycles. The van der Waals surface area contributed by atoms with Crippen molar-refractivity contribution in [2.75, 3.05) is 26.7 Å². The second-order valence-corrected chi connectivity index (χ2v) is 12.6. The summed E-state index contributed by atoms with van der Waals surface area (Å²) < 4.78 is 4.55. The molecule has 46 heavy (non-hydrogen) atoms. The average Bonchev–Trinajstić information content (AvgIpc) is 3.01. The molecule has 1 aromatic carbocycles. The molecule has 1 aromatic rings. The highest BCUT2D eigenvalue weighted by Crippen LogP contribution is 2.37. The second-order valence-electron chi connectivity index (χ2n) is 12.2. The number of benzene rings is 1. The maximum atomic E-state index is 9.60. The molecule has 260 valence electrons. The number of nitrogens with one attached hydrogen (secondary N) is 2. The van der Waals surface area contributed by atoms with E-state index < -0.39 is 0 Å². The maximum absolute atomic E-state index is 9.60. The topological polar surface area (TPSA) is 53.6 Å². The van der Waals surface area contributed by atoms with Crippen LogP contribution in [0, 0.1) is 25.3 Å². The van der Waals surface area contributed by atoms with E-state index in [4.69, 9.17) is 18.0 Å². The van der Waals surface area contributed by atoms with Crippen molar-refractivity contribution in [2.24, 2.45) is 5.92 Å². The van der Waals surface area contributed by atoms with Crippen molar-refractivity contribution < 1.29 is 9.53 Å². The quantitative estimate of drug-likeness (QED) is 0.0713. The van der Waals surface area contributed by atoms with Gasteiger partial charge in [-0.05, 0) is 139 Å². The Hall–Kier alpha value is -2.94. The number of hydrogen-bond donors (Lipinski definition) is 2. The number of nitrogens with zero attached hydrogens (tertiary/aromatic N) is 1. The molecule has 2 unspecified atom stereocenters. The zero-order valence-electron chi connectivity index (χ0n) is 31.3. The first-order valence-electron chi connectivity index (χ1n) is 17.0. The fourth-order valence-corrected chi connectivity index (χ4v) is 5.45. The van der Waals surface area contributed by atoms with E-state index in [1.807, 2.05) is 53.5 Å². The molecule has 6 heteroatoms. The van der Waals surface area contributed by atoms with Gasteiger partial charge in [-0.3, -0.25) is 4.79 Å². The van der Waals surface area contributed by atoms with Crippen molar-refractivity contribution in [3.63, 3.8) is 0 Å². The minimum atomic E-state index is -0.318. The minimum absolute atomic E-state index is 0.318. The lowest BCUT2D eigenvalue weighted by molar-refractivity contribution is -0.138. The monoisotopic (exact) mass is 655 g/mol. The third kappa shape index (κ3) is 18.3. The van der Waals surface area contributed by atoms with Crippen molar-refractivity contribution >= 4 is 24.1 Å². The van der Waals surface area contributed by atoms with E-state index in [-0.39, 0.29) is 5.60 Å². The van der Waals surface area contributed by atoms with Crippen LogP contribution in [0.25, 0.3) is 6.08 Å². The number of carbonyl (C=O) groups is 1. The fourth-order valence-electron chi connectivity index (χ4n) is 5.17. The van der Waals surface area contributed by atoms with Gasteiger partial charge in [0, 0.05) is 29.9 Å². The van der Waals surface area contributed by atoms with Crippen LogP contribution >= 0.6 is 11.6 Å². The number of carbonyl (C=O) groups excluding carboxylic acids is 1. The van der Waals surface area contributed by atoms with Crippen LogP contribution in [0.2, 0.25) is 5.02 Å². The third-order valence-corrected chi connectivity index (χ3v) is 7.99. The van der Waals surface area contributed by atoms with Gasteiger partial charge in [-0.2, -0.15) is 0 Å². The molecular weight excluding hydrogens is 590 g/mol. The standard InChI is InChI=1S/C33H50ClN3.C5H10O2.C2H6/c1-10-15-16-29(17-19-35-9)27(8)33-25(6)21-32(34)23-31(33)22-30(28(12-3)24-36-13-4)18-20-37(14-5)26(7)11-2;1-5(2,3)7-4-6;1-2/h5,11-13,21-23,27,29,35-36H,4,10,15-20,24H2,1-3,6-9H3;4H,1-3H3;1-2H3/b26-11-,28-12+,30-22-;;. The molecule has 0 saturated carbocycles. The van der Waals surface area contributed by atoms with Gasteiger partial charge in [-0.15, -0.1) is 0 Å². The predicted molar refractivity (Wildman–Crippen MR) is 204 cm³/mol. The highest BCUT2D eigenvalue weighted by Gasteiger charge is 2.23. The summed E-state index contributed by atoms with van der Waals surface area (Å²) in [5.41, 5.74) is 7.15. The van der Waals surface area contributed by atoms with Gasteiger partial charge in [-0.1, -0.05) is 83.4 Å². The largest absolute Gasteiger partial charge is 0.462 e. The maximum Gasteiger partial charge on any atom is 0.293 e. The molecule has 0 amide bonds. The van der Waals surface area contributed by atoms with E-state index in [0.717, 1.165) is 36.8 Å². The van der Waals surface area contributed by atoms with Crippen molar-refractivity contribution in [1.29, 1.82) is 0 Å². The summed E-state index contributed by atoms with van der Waals surface area (Å²) in [5.74, 6) is 1.04. The van der Waals surface area contributed by atoms with Crippen LogP contribution in [0.3, 0.4) is 0 Å². The Bertz CT molecular complexity index is 1130. The van der Waals surface area contributed by atoms with Crippen molar-refractivity contribution in [2.45, 2.75) is 120 Å². The van der Waals surface area contributed by atoms with Crippen LogP contribution < -0.4 is 10.6 Å². The summed E-state index contributed by atoms with van der Waals surface area (Å²) in [4.78, 5) is 11.6. The minimum Gasteiger partial charge on any atom is -0.462 e. The van der Waals surface area contributed by atoms with Gasteiger partial charge in [0.05, 0.1) is 0 Å². The Kier molecular flexibility index (Phi) is 25.7. The first kappa shape index (κ1) is 45.2. The molecule has 0 bridgehead atoms. The van der Waals surface area contributed by atoms with E-state index in [0.29, 0.717) is 18.3 Å². The van der Waals surface area contributed by atoms with Gasteiger partial charge in [0.15, 0.2) is 0 Å². The van der Waals surface area contributed by atoms with Gasteiger partial charge >= 0.3 is 0 Å². The fraction of sp³-hybridized carbons (Fsp3) is 0.575. The zero-order valence-corrected chi connectivity index (χ0v) is 32.0. The Morgan fingerprint density at radius 2 is 1.83 bits per heavy atom. The number of terminal acetylenes is 1. The van der Waals surface area contributed by atoms with Gasteiger partial charge in [-0.25, -0.2) is 0 Å². The lowest BCUT2D eigenvalue weighted by Gasteiger charge is -2.28. The smallest absolute Gasteiger partial charge is 0.293 e. The molecule has 0 aliphatic heterocycles. The van der Waals surface area contributed by atoms with Crippen molar-refractivity contribution in [3.05, 3.63) is 75.6 Å². The molecule has 0 radical (unpaired) electrons. The van der Waals surface area contributed by atoms with Crippen LogP contribution in [0.4, 0.5) is 0 Å². The van der Waals surface area contributed by atoms with Crippen molar-refractivity contribution in [3.8, 4) is 12.5 Å². The first-order chi connectivity index (χ1) is 21.8. The number of rotatable bonds is 18. The number of halogens is 1. The first-order valence-corrected chi connectivity index (χ1v) is 17.3. The molecule has 0 spiro atoms. The molecule has 5 nitrogen and oxygen atoms in total. The molecule has 0 aliphatic rings. The number of ether oxygens (including phenoxy) is 1. The molecule has 0 heterocycles. The number of hydrogen-bond acceptors (Lipinski definition) is 5. The molecule has 2 N–H and O–H groups in total. The third-order valence-electron chi connectivity index (χ3n) is 7.77. The van der Waals surface area contributed by atoms with Gasteiger partial charge in [0.2, 0.25) is 0 Å². The summed E-state index contributed by atoms with van der Waals surface area (Å²) in [7, 11) is 2.04. The average molecular weight is 656 g/mol. The Balaban J connectivity index is 0. The molecule has 1 rings (SSSR count). The normalized spacial score (nSPS) is 13.2. The van der Waals surface area contributed by atoms with Crippen LogP contribution in [0.1, 0.15) is 124 Å². The predicted octanol–water partition coefficient (Wildman–Crippen LogP) is 10.4. The van der Waals surface area contributed by atoms with E-state index in [9.17, 15) is 4.79 Å². The highest BCUT2D eigenvalue weighted by atomic mass is 35.5. The number of aryl methyl sites for hydroxylation is 1. The van der Waals surface area contributed by atoms with Gasteiger partial charge < -0.3 is 20.3 Å². The van der Waals surface area contributed by atoms with Gasteiger partial charge in [0.1, 0.15) is 5.60 Å². The Morgan fingerprint density at radius 3 is 2.28 bits per heavy atom. The molecule has 0 aromatic heterocycles. The van der Waals surface area contributed by atoms with Gasteiger partial charge in [0.25, 0.3) is 6.47 Å². The summed E-state index contributed by atoms with van der Waals surface area (Å²) in [6.07, 6.45) is 19.9. The lowest BCUT2D eigenvalue weighted by atomic mass is 9.78. The summed E-state index contributed by atoms with van der Waals surface area (Å²) in [6, 6.07) is 7.09. The SMILES string of the molecule is C#CN(CCC(=C/c1cc(Cl)cc(C)c1C(C)C(CCCC)CCNC)/C(=C/C)CNC=C)/C(C)=C\C.CC.CC(C)(C)OC=O. The van der Waals surface area contributed by atoms with E-state index in [2.05, 4.69) is 93.0 Å². The number of unbranched alkanes of at least 4 members (excludes halogenated alkanes) is 1.